The van der Waals surface area contributed by atoms with Crippen LogP contribution in [0.15, 0.2) is 36.0 Å². The van der Waals surface area contributed by atoms with Crippen LogP contribution in [0.2, 0.25) is 0 Å². The Morgan fingerprint density at radius 1 is 1.15 bits per heavy atom. The van der Waals surface area contributed by atoms with Crippen molar-refractivity contribution in [2.45, 2.75) is 91.3 Å². The molecule has 7 nitrogen and oxygen atoms in total. The number of rotatable bonds is 8. The van der Waals surface area contributed by atoms with E-state index >= 15 is 0 Å². The molecule has 0 saturated heterocycles. The number of carbonyl (C=O) groups is 2. The van der Waals surface area contributed by atoms with Crippen molar-refractivity contribution in [3.8, 4) is 17.7 Å². The van der Waals surface area contributed by atoms with Gasteiger partial charge in [0.1, 0.15) is 11.0 Å². The van der Waals surface area contributed by atoms with E-state index in [0.717, 1.165) is 62.0 Å². The first-order chi connectivity index (χ1) is 19.4. The van der Waals surface area contributed by atoms with Crippen molar-refractivity contribution in [3.63, 3.8) is 0 Å². The lowest BCUT2D eigenvalue weighted by Gasteiger charge is -2.38. The Balaban J connectivity index is 1.58. The number of allylic oxidation sites excluding steroid dienone is 2. The first-order valence-electron chi connectivity index (χ1n) is 14.5. The van der Waals surface area contributed by atoms with Crippen LogP contribution >= 0.6 is 11.3 Å². The van der Waals surface area contributed by atoms with Crippen molar-refractivity contribution >= 4 is 28.9 Å². The minimum absolute atomic E-state index is 0.000189. The van der Waals surface area contributed by atoms with Crippen LogP contribution in [0.1, 0.15) is 92.8 Å². The quantitative estimate of drug-likeness (QED) is 0.275. The summed E-state index contributed by atoms with van der Waals surface area (Å²) in [5, 5.41) is 10.1. The molecule has 1 fully saturated rings. The second kappa shape index (κ2) is 13.2. The maximum absolute atomic E-state index is 14.1. The highest BCUT2D eigenvalue weighted by atomic mass is 32.1. The number of hydrogen-bond donors (Lipinski definition) is 1. The highest BCUT2D eigenvalue weighted by Crippen LogP contribution is 2.38. The number of hydrogen-bond acceptors (Lipinski definition) is 6. The molecule has 1 saturated carbocycles. The zero-order valence-corrected chi connectivity index (χ0v) is 26.0. The van der Waals surface area contributed by atoms with Gasteiger partial charge in [-0.1, -0.05) is 23.5 Å². The largest absolute Gasteiger partial charge is 0.477 e. The molecule has 1 atom stereocenters. The van der Waals surface area contributed by atoms with E-state index in [4.69, 9.17) is 4.74 Å². The second-order valence-corrected chi connectivity index (χ2v) is 13.7. The summed E-state index contributed by atoms with van der Waals surface area (Å²) in [6.45, 7) is 8.99. The van der Waals surface area contributed by atoms with Gasteiger partial charge in [-0.2, -0.15) is 0 Å². The van der Waals surface area contributed by atoms with Crippen molar-refractivity contribution in [2.24, 2.45) is 11.3 Å². The average Bonchev–Trinajstić information content (AvgIpc) is 3.33. The maximum atomic E-state index is 14.1. The lowest BCUT2D eigenvalue weighted by Crippen LogP contribution is -2.47. The van der Waals surface area contributed by atoms with Gasteiger partial charge in [-0.05, 0) is 104 Å². The van der Waals surface area contributed by atoms with Gasteiger partial charge in [-0.25, -0.2) is 9.78 Å². The molecule has 41 heavy (non-hydrogen) atoms. The number of aromatic carboxylic acids is 1. The molecule has 0 aliphatic heterocycles. The number of aromatic nitrogens is 1. The molecule has 0 aromatic carbocycles. The Kier molecular flexibility index (Phi) is 9.93. The van der Waals surface area contributed by atoms with E-state index in [1.807, 2.05) is 58.0 Å². The van der Waals surface area contributed by atoms with Gasteiger partial charge >= 0.3 is 5.97 Å². The summed E-state index contributed by atoms with van der Waals surface area (Å²) in [5.41, 5.74) is 2.72. The molecular weight excluding hydrogens is 534 g/mol. The molecule has 0 radical (unpaired) electrons. The molecule has 1 unspecified atom stereocenters. The fraction of sp³-hybridized carbons (Fsp3) is 0.545. The van der Waals surface area contributed by atoms with E-state index in [2.05, 4.69) is 34.7 Å². The number of ether oxygens (including phenoxy) is 1. The predicted molar refractivity (Wildman–Crippen MR) is 164 cm³/mol. The summed E-state index contributed by atoms with van der Waals surface area (Å²) in [6, 6.07) is 5.71. The van der Waals surface area contributed by atoms with Crippen molar-refractivity contribution in [2.75, 3.05) is 19.0 Å². The van der Waals surface area contributed by atoms with Crippen LogP contribution in [-0.4, -0.2) is 53.1 Å². The predicted octanol–water partition coefficient (Wildman–Crippen LogP) is 6.77. The molecule has 8 heteroatoms. The Morgan fingerprint density at radius 2 is 1.88 bits per heavy atom. The molecule has 2 aromatic rings. The minimum Gasteiger partial charge on any atom is -0.477 e. The Morgan fingerprint density at radius 3 is 2.49 bits per heavy atom. The molecule has 0 bridgehead atoms. The first-order valence-corrected chi connectivity index (χ1v) is 15.4. The molecule has 1 amide bonds. The number of nitrogens with zero attached hydrogens (tertiary/aromatic N) is 3. The lowest BCUT2D eigenvalue weighted by molar-refractivity contribution is -0.123. The van der Waals surface area contributed by atoms with Crippen LogP contribution in [0.3, 0.4) is 0 Å². The van der Waals surface area contributed by atoms with Crippen molar-refractivity contribution < 1.29 is 19.4 Å². The van der Waals surface area contributed by atoms with E-state index in [9.17, 15) is 14.7 Å². The Hall–Kier alpha value is -3.15. The molecule has 2 aliphatic rings. The fourth-order valence-corrected chi connectivity index (χ4v) is 6.32. The minimum atomic E-state index is -1.02. The molecule has 2 aromatic heterocycles. The second-order valence-electron chi connectivity index (χ2n) is 12.6. The van der Waals surface area contributed by atoms with Gasteiger partial charge in [0.15, 0.2) is 0 Å². The zero-order valence-electron chi connectivity index (χ0n) is 25.2. The summed E-state index contributed by atoms with van der Waals surface area (Å²) in [6.07, 6.45) is 9.29. The molecular formula is C33H43N3O4S. The first kappa shape index (κ1) is 30.8. The molecule has 0 spiro atoms. The van der Waals surface area contributed by atoms with Crippen LogP contribution in [0.4, 0.5) is 5.69 Å². The van der Waals surface area contributed by atoms with Gasteiger partial charge in [0.25, 0.3) is 0 Å². The van der Waals surface area contributed by atoms with Crippen molar-refractivity contribution in [3.05, 3.63) is 51.4 Å². The number of carbonyl (C=O) groups excluding carboxylic acids is 1. The summed E-state index contributed by atoms with van der Waals surface area (Å²) in [7, 11) is 4.06. The topological polar surface area (TPSA) is 83.0 Å². The maximum Gasteiger partial charge on any atom is 0.348 e. The van der Waals surface area contributed by atoms with E-state index in [1.165, 1.54) is 5.57 Å². The summed E-state index contributed by atoms with van der Waals surface area (Å²) in [5.74, 6) is 5.84. The molecule has 2 heterocycles. The monoisotopic (exact) mass is 577 g/mol. The van der Waals surface area contributed by atoms with E-state index in [-0.39, 0.29) is 34.3 Å². The van der Waals surface area contributed by atoms with Crippen LogP contribution in [0.25, 0.3) is 0 Å². The lowest BCUT2D eigenvalue weighted by atomic mass is 9.86. The fourth-order valence-electron chi connectivity index (χ4n) is 5.48. The van der Waals surface area contributed by atoms with Crippen LogP contribution in [0, 0.1) is 23.2 Å². The Bertz CT molecular complexity index is 1340. The van der Waals surface area contributed by atoms with Crippen LogP contribution in [0.5, 0.6) is 5.88 Å². The highest BCUT2D eigenvalue weighted by molar-refractivity contribution is 7.15. The number of anilines is 1. The zero-order chi connectivity index (χ0) is 29.7. The third-order valence-corrected chi connectivity index (χ3v) is 8.57. The number of carboxylic acids is 1. The number of pyridine rings is 1. The van der Waals surface area contributed by atoms with Gasteiger partial charge < -0.3 is 19.6 Å². The number of thiophene rings is 1. The molecule has 4 rings (SSSR count). The SMILES string of the molecule is CC1=CCC(C(=O)N(c2cc(C#CC(C)(C)C)sc2C(=O)O)C2CCC(Oc3cc(CN(C)C)ccn3)CC2)CC1. The Labute approximate surface area is 248 Å². The van der Waals surface area contributed by atoms with E-state index in [0.29, 0.717) is 22.9 Å². The smallest absolute Gasteiger partial charge is 0.348 e. The normalized spacial score (nSPS) is 21.0. The van der Waals surface area contributed by atoms with Gasteiger partial charge in [0.2, 0.25) is 11.8 Å². The van der Waals surface area contributed by atoms with E-state index in [1.54, 1.807) is 6.20 Å². The van der Waals surface area contributed by atoms with Crippen LogP contribution < -0.4 is 9.64 Å². The van der Waals surface area contributed by atoms with Crippen molar-refractivity contribution in [1.82, 2.24) is 9.88 Å². The van der Waals surface area contributed by atoms with Gasteiger partial charge in [0, 0.05) is 36.2 Å². The number of carboxylic acid groups (broad SMARTS) is 1. The van der Waals surface area contributed by atoms with E-state index < -0.39 is 5.97 Å². The summed E-state index contributed by atoms with van der Waals surface area (Å²) < 4.78 is 6.28. The third kappa shape index (κ3) is 8.43. The summed E-state index contributed by atoms with van der Waals surface area (Å²) >= 11 is 1.16. The molecule has 220 valence electrons. The highest BCUT2D eigenvalue weighted by Gasteiger charge is 2.37. The number of amides is 1. The molecule has 1 N–H and O–H groups in total. The van der Waals surface area contributed by atoms with Gasteiger partial charge in [0.05, 0.1) is 10.6 Å². The third-order valence-electron chi connectivity index (χ3n) is 7.55. The van der Waals surface area contributed by atoms with Crippen molar-refractivity contribution in [1.29, 1.82) is 0 Å². The van der Waals surface area contributed by atoms with Gasteiger partial charge in [-0.15, -0.1) is 11.3 Å². The van der Waals surface area contributed by atoms with Crippen LogP contribution in [-0.2, 0) is 11.3 Å². The van der Waals surface area contributed by atoms with Gasteiger partial charge in [-0.3, -0.25) is 4.79 Å². The average molecular weight is 578 g/mol. The standard InChI is InChI=1S/C33H43N3O4S/c1-22-7-9-24(10-8-22)31(37)36(28-20-27(15-17-33(2,3)4)41-30(28)32(38)39)25-11-13-26(14-12-25)40-29-19-23(16-18-34-29)21-35(5)6/h7,16,18-20,24-26H,8-14,21H2,1-6H3,(H,38,39). The summed E-state index contributed by atoms with van der Waals surface area (Å²) in [4.78, 5) is 35.7. The molecule has 2 aliphatic carbocycles.